The van der Waals surface area contributed by atoms with E-state index in [1.54, 1.807) is 12.5 Å². The molecule has 3 heteroatoms. The summed E-state index contributed by atoms with van der Waals surface area (Å²) < 4.78 is 10.8. The van der Waals surface area contributed by atoms with Gasteiger partial charge in [0.2, 0.25) is 0 Å². The zero-order valence-corrected chi connectivity index (χ0v) is 9.64. The second kappa shape index (κ2) is 5.03. The van der Waals surface area contributed by atoms with Crippen LogP contribution in [0.3, 0.4) is 0 Å². The second-order valence-corrected chi connectivity index (χ2v) is 3.88. The molecule has 0 aliphatic heterocycles. The van der Waals surface area contributed by atoms with Crippen LogP contribution in [0.1, 0.15) is 43.9 Å². The molecule has 2 heterocycles. The van der Waals surface area contributed by atoms with Crippen molar-refractivity contribution in [1.82, 2.24) is 5.32 Å². The SMILES string of the molecule is CCC(N[C@H](C)c1ccco1)c1ccco1. The van der Waals surface area contributed by atoms with Gasteiger partial charge >= 0.3 is 0 Å². The first-order valence-corrected chi connectivity index (χ1v) is 5.64. The van der Waals surface area contributed by atoms with Crippen molar-refractivity contribution in [3.8, 4) is 0 Å². The Bertz CT molecular complexity index is 392. The Hall–Kier alpha value is -1.48. The zero-order chi connectivity index (χ0) is 11.4. The number of hydrogen-bond acceptors (Lipinski definition) is 3. The monoisotopic (exact) mass is 219 g/mol. The van der Waals surface area contributed by atoms with Gasteiger partial charge < -0.3 is 8.83 Å². The third kappa shape index (κ3) is 2.36. The van der Waals surface area contributed by atoms with Crippen LogP contribution in [0.2, 0.25) is 0 Å². The molecule has 0 fully saturated rings. The van der Waals surface area contributed by atoms with E-state index in [9.17, 15) is 0 Å². The van der Waals surface area contributed by atoms with E-state index in [1.807, 2.05) is 24.3 Å². The van der Waals surface area contributed by atoms with E-state index in [1.165, 1.54) is 0 Å². The number of hydrogen-bond donors (Lipinski definition) is 1. The molecular weight excluding hydrogens is 202 g/mol. The minimum atomic E-state index is 0.185. The molecule has 0 spiro atoms. The van der Waals surface area contributed by atoms with Crippen LogP contribution in [-0.2, 0) is 0 Å². The van der Waals surface area contributed by atoms with E-state index in [2.05, 4.69) is 19.2 Å². The molecule has 0 bridgehead atoms. The van der Waals surface area contributed by atoms with Crippen LogP contribution >= 0.6 is 0 Å². The minimum absolute atomic E-state index is 0.185. The van der Waals surface area contributed by atoms with Crippen molar-refractivity contribution in [2.24, 2.45) is 0 Å². The van der Waals surface area contributed by atoms with Gasteiger partial charge in [-0.1, -0.05) is 6.92 Å². The molecule has 0 saturated heterocycles. The molecule has 0 saturated carbocycles. The number of furan rings is 2. The van der Waals surface area contributed by atoms with Crippen LogP contribution < -0.4 is 5.32 Å². The third-order valence-electron chi connectivity index (χ3n) is 2.72. The number of rotatable bonds is 5. The number of nitrogens with one attached hydrogen (secondary N) is 1. The lowest BCUT2D eigenvalue weighted by Crippen LogP contribution is -2.23. The quantitative estimate of drug-likeness (QED) is 0.833. The standard InChI is InChI=1S/C13H17NO2/c1-3-11(13-7-5-9-16-13)14-10(2)12-6-4-8-15-12/h4-11,14H,3H2,1-2H3/t10-,11?/m1/s1. The molecule has 2 aromatic heterocycles. The Balaban J connectivity index is 2.02. The van der Waals surface area contributed by atoms with E-state index in [0.29, 0.717) is 0 Å². The predicted molar refractivity (Wildman–Crippen MR) is 62.0 cm³/mol. The highest BCUT2D eigenvalue weighted by atomic mass is 16.3. The molecule has 3 nitrogen and oxygen atoms in total. The Morgan fingerprint density at radius 1 is 1.12 bits per heavy atom. The topological polar surface area (TPSA) is 38.3 Å². The molecule has 2 atom stereocenters. The van der Waals surface area contributed by atoms with Gasteiger partial charge in [0, 0.05) is 0 Å². The van der Waals surface area contributed by atoms with E-state index < -0.39 is 0 Å². The summed E-state index contributed by atoms with van der Waals surface area (Å²) in [6, 6.07) is 8.21. The molecule has 86 valence electrons. The summed E-state index contributed by atoms with van der Waals surface area (Å²) in [6.07, 6.45) is 4.39. The highest BCUT2D eigenvalue weighted by molar-refractivity contribution is 5.08. The van der Waals surface area contributed by atoms with Crippen molar-refractivity contribution < 1.29 is 8.83 Å². The molecule has 0 aliphatic rings. The molecule has 16 heavy (non-hydrogen) atoms. The Labute approximate surface area is 95.5 Å². The Morgan fingerprint density at radius 3 is 2.25 bits per heavy atom. The Morgan fingerprint density at radius 2 is 1.75 bits per heavy atom. The summed E-state index contributed by atoms with van der Waals surface area (Å²) in [5.74, 6) is 1.92. The molecule has 0 radical (unpaired) electrons. The van der Waals surface area contributed by atoms with Crippen molar-refractivity contribution in [1.29, 1.82) is 0 Å². The maximum absolute atomic E-state index is 5.41. The van der Waals surface area contributed by atoms with Gasteiger partial charge in [-0.2, -0.15) is 0 Å². The lowest BCUT2D eigenvalue weighted by molar-refractivity contribution is 0.346. The molecule has 2 rings (SSSR count). The van der Waals surface area contributed by atoms with Crippen LogP contribution in [0, 0.1) is 0 Å². The van der Waals surface area contributed by atoms with Gasteiger partial charge in [-0.15, -0.1) is 0 Å². The first kappa shape index (κ1) is 11.0. The van der Waals surface area contributed by atoms with Gasteiger partial charge in [-0.05, 0) is 37.6 Å². The smallest absolute Gasteiger partial charge is 0.120 e. The summed E-state index contributed by atoms with van der Waals surface area (Å²) in [5.41, 5.74) is 0. The van der Waals surface area contributed by atoms with E-state index in [4.69, 9.17) is 8.83 Å². The van der Waals surface area contributed by atoms with Gasteiger partial charge in [0.25, 0.3) is 0 Å². The molecule has 0 aliphatic carbocycles. The molecule has 2 aromatic rings. The Kier molecular flexibility index (Phi) is 3.47. The van der Waals surface area contributed by atoms with Gasteiger partial charge in [-0.3, -0.25) is 5.32 Å². The zero-order valence-electron chi connectivity index (χ0n) is 9.64. The first-order chi connectivity index (χ1) is 7.81. The third-order valence-corrected chi connectivity index (χ3v) is 2.72. The van der Waals surface area contributed by atoms with E-state index in [-0.39, 0.29) is 12.1 Å². The molecule has 1 N–H and O–H groups in total. The van der Waals surface area contributed by atoms with Crippen molar-refractivity contribution in [3.05, 3.63) is 48.3 Å². The lowest BCUT2D eigenvalue weighted by atomic mass is 10.1. The first-order valence-electron chi connectivity index (χ1n) is 5.64. The molecular formula is C13H17NO2. The van der Waals surface area contributed by atoms with Gasteiger partial charge in [0.15, 0.2) is 0 Å². The van der Waals surface area contributed by atoms with Gasteiger partial charge in [0.05, 0.1) is 24.6 Å². The molecule has 1 unspecified atom stereocenters. The maximum atomic E-state index is 5.41. The summed E-state index contributed by atoms with van der Waals surface area (Å²) in [4.78, 5) is 0. The lowest BCUT2D eigenvalue weighted by Gasteiger charge is -2.19. The fraction of sp³-hybridized carbons (Fsp3) is 0.385. The minimum Gasteiger partial charge on any atom is -0.468 e. The average molecular weight is 219 g/mol. The molecule has 0 amide bonds. The van der Waals surface area contributed by atoms with Crippen LogP contribution in [0.5, 0.6) is 0 Å². The van der Waals surface area contributed by atoms with Crippen LogP contribution in [0.4, 0.5) is 0 Å². The summed E-state index contributed by atoms with van der Waals surface area (Å²) in [5, 5.41) is 3.48. The second-order valence-electron chi connectivity index (χ2n) is 3.88. The highest BCUT2D eigenvalue weighted by Gasteiger charge is 2.16. The van der Waals surface area contributed by atoms with Crippen molar-refractivity contribution in [3.63, 3.8) is 0 Å². The maximum Gasteiger partial charge on any atom is 0.120 e. The fourth-order valence-corrected chi connectivity index (χ4v) is 1.81. The van der Waals surface area contributed by atoms with E-state index in [0.717, 1.165) is 17.9 Å². The predicted octanol–water partition coefficient (Wildman–Crippen LogP) is 3.67. The van der Waals surface area contributed by atoms with Gasteiger partial charge in [-0.25, -0.2) is 0 Å². The van der Waals surface area contributed by atoms with Crippen molar-refractivity contribution in [2.75, 3.05) is 0 Å². The van der Waals surface area contributed by atoms with Crippen molar-refractivity contribution >= 4 is 0 Å². The van der Waals surface area contributed by atoms with E-state index >= 15 is 0 Å². The van der Waals surface area contributed by atoms with Crippen LogP contribution in [-0.4, -0.2) is 0 Å². The molecule has 0 aromatic carbocycles. The van der Waals surface area contributed by atoms with Gasteiger partial charge in [0.1, 0.15) is 11.5 Å². The summed E-state index contributed by atoms with van der Waals surface area (Å²) >= 11 is 0. The largest absolute Gasteiger partial charge is 0.468 e. The van der Waals surface area contributed by atoms with Crippen molar-refractivity contribution in [2.45, 2.75) is 32.4 Å². The van der Waals surface area contributed by atoms with Crippen LogP contribution in [0.15, 0.2) is 45.6 Å². The normalized spacial score (nSPS) is 14.9. The summed E-state index contributed by atoms with van der Waals surface area (Å²) in [7, 11) is 0. The fourth-order valence-electron chi connectivity index (χ4n) is 1.81. The highest BCUT2D eigenvalue weighted by Crippen LogP contribution is 2.22. The van der Waals surface area contributed by atoms with Crippen LogP contribution in [0.25, 0.3) is 0 Å². The summed E-state index contributed by atoms with van der Waals surface area (Å²) in [6.45, 7) is 4.22. The average Bonchev–Trinajstić information content (AvgIpc) is 2.96.